The van der Waals surface area contributed by atoms with Crippen LogP contribution in [-0.2, 0) is 4.79 Å². The molecule has 0 saturated carbocycles. The second kappa shape index (κ2) is 4.36. The predicted molar refractivity (Wildman–Crippen MR) is 60.5 cm³/mol. The Bertz CT molecular complexity index is 506. The van der Waals surface area contributed by atoms with Gasteiger partial charge in [-0.15, -0.1) is 0 Å². The summed E-state index contributed by atoms with van der Waals surface area (Å²) in [6.45, 7) is 1.80. The first-order valence-corrected chi connectivity index (χ1v) is 5.62. The first-order chi connectivity index (χ1) is 8.47. The smallest absolute Gasteiger partial charge is 0.329 e. The van der Waals surface area contributed by atoms with Crippen LogP contribution in [0.3, 0.4) is 0 Å². The van der Waals surface area contributed by atoms with Crippen LogP contribution < -0.4 is 0 Å². The molecular formula is C12H13FN2O3. The number of aromatic nitrogens is 1. The highest BCUT2D eigenvalue weighted by molar-refractivity contribution is 5.98. The minimum atomic E-state index is -1.26. The Hall–Kier alpha value is -1.98. The summed E-state index contributed by atoms with van der Waals surface area (Å²) in [5.74, 6) is -2.57. The molecule has 0 bridgehead atoms. The number of carbonyl (C=O) groups is 2. The Morgan fingerprint density at radius 2 is 2.28 bits per heavy atom. The minimum absolute atomic E-state index is 0.188. The van der Waals surface area contributed by atoms with Crippen molar-refractivity contribution in [3.63, 3.8) is 0 Å². The number of carboxylic acids is 1. The van der Waals surface area contributed by atoms with Crippen molar-refractivity contribution in [1.82, 2.24) is 9.88 Å². The summed E-state index contributed by atoms with van der Waals surface area (Å²) in [7, 11) is 0. The van der Waals surface area contributed by atoms with Crippen LogP contribution in [-0.4, -0.2) is 39.0 Å². The van der Waals surface area contributed by atoms with Crippen LogP contribution in [0.5, 0.6) is 0 Å². The van der Waals surface area contributed by atoms with Crippen LogP contribution in [0.1, 0.15) is 30.1 Å². The largest absolute Gasteiger partial charge is 0.480 e. The van der Waals surface area contributed by atoms with Crippen molar-refractivity contribution in [2.75, 3.05) is 6.54 Å². The molecule has 1 N–H and O–H groups in total. The molecule has 6 heteroatoms. The quantitative estimate of drug-likeness (QED) is 0.805. The van der Waals surface area contributed by atoms with E-state index in [2.05, 4.69) is 4.98 Å². The minimum Gasteiger partial charge on any atom is -0.480 e. The zero-order valence-electron chi connectivity index (χ0n) is 9.89. The van der Waals surface area contributed by atoms with Gasteiger partial charge < -0.3 is 10.0 Å². The summed E-state index contributed by atoms with van der Waals surface area (Å²) in [6, 6.07) is 2.76. The fourth-order valence-electron chi connectivity index (χ4n) is 2.20. The number of likely N-dealkylation sites (tertiary alicyclic amines) is 1. The van der Waals surface area contributed by atoms with Gasteiger partial charge in [-0.2, -0.15) is 4.39 Å². The topological polar surface area (TPSA) is 70.5 Å². The summed E-state index contributed by atoms with van der Waals surface area (Å²) in [4.78, 5) is 28.0. The number of aliphatic carboxylic acids is 1. The van der Waals surface area contributed by atoms with Gasteiger partial charge in [0.15, 0.2) is 0 Å². The molecule has 5 nitrogen and oxygen atoms in total. The lowest BCUT2D eigenvalue weighted by Gasteiger charge is -2.31. The number of carbonyl (C=O) groups excluding carboxylic acids is 1. The van der Waals surface area contributed by atoms with Gasteiger partial charge in [-0.25, -0.2) is 9.78 Å². The number of pyridine rings is 1. The molecule has 2 heterocycles. The SMILES string of the molecule is CC1(C(=O)O)CCCN1C(=O)c1cccnc1F. The Labute approximate surface area is 103 Å². The molecule has 18 heavy (non-hydrogen) atoms. The van der Waals surface area contributed by atoms with Gasteiger partial charge in [0.2, 0.25) is 5.95 Å². The van der Waals surface area contributed by atoms with Crippen molar-refractivity contribution < 1.29 is 19.1 Å². The van der Waals surface area contributed by atoms with E-state index >= 15 is 0 Å². The third kappa shape index (κ3) is 1.83. The number of amides is 1. The lowest BCUT2D eigenvalue weighted by atomic mass is 9.99. The highest BCUT2D eigenvalue weighted by Crippen LogP contribution is 2.30. The maximum atomic E-state index is 13.4. The van der Waals surface area contributed by atoms with Gasteiger partial charge in [-0.05, 0) is 31.9 Å². The Kier molecular flexibility index (Phi) is 3.02. The van der Waals surface area contributed by atoms with Crippen molar-refractivity contribution in [2.24, 2.45) is 0 Å². The van der Waals surface area contributed by atoms with E-state index in [0.717, 1.165) is 0 Å². The van der Waals surface area contributed by atoms with E-state index in [-0.39, 0.29) is 5.56 Å². The molecule has 0 aliphatic carbocycles. The average molecular weight is 252 g/mol. The molecule has 1 amide bonds. The van der Waals surface area contributed by atoms with E-state index in [1.54, 1.807) is 0 Å². The Morgan fingerprint density at radius 3 is 2.89 bits per heavy atom. The first kappa shape index (κ1) is 12.5. The molecule has 1 aromatic heterocycles. The molecule has 2 rings (SSSR count). The fourth-order valence-corrected chi connectivity index (χ4v) is 2.20. The van der Waals surface area contributed by atoms with Crippen LogP contribution in [0, 0.1) is 5.95 Å². The zero-order valence-corrected chi connectivity index (χ0v) is 9.89. The molecule has 1 saturated heterocycles. The van der Waals surface area contributed by atoms with Crippen molar-refractivity contribution in [1.29, 1.82) is 0 Å². The number of nitrogens with zero attached hydrogens (tertiary/aromatic N) is 2. The molecule has 0 spiro atoms. The van der Waals surface area contributed by atoms with Gasteiger partial charge in [0.05, 0.1) is 5.56 Å². The molecule has 0 radical (unpaired) electrons. The summed E-state index contributed by atoms with van der Waals surface area (Å²) in [6.07, 6.45) is 2.21. The second-order valence-corrected chi connectivity index (χ2v) is 4.48. The first-order valence-electron chi connectivity index (χ1n) is 5.62. The highest BCUT2D eigenvalue weighted by Gasteiger charge is 2.46. The number of halogens is 1. The molecule has 1 aliphatic heterocycles. The summed E-state index contributed by atoms with van der Waals surface area (Å²) in [5, 5.41) is 9.20. The number of hydrogen-bond acceptors (Lipinski definition) is 3. The summed E-state index contributed by atoms with van der Waals surface area (Å²) in [5.41, 5.74) is -1.45. The standard InChI is InChI=1S/C12H13FN2O3/c1-12(11(17)18)5-3-7-15(12)10(16)8-4-2-6-14-9(8)13/h2,4,6H,3,5,7H2,1H3,(H,17,18). The highest BCUT2D eigenvalue weighted by atomic mass is 19.1. The predicted octanol–water partition coefficient (Wildman–Crippen LogP) is 1.30. The van der Waals surface area contributed by atoms with Crippen LogP contribution in [0.2, 0.25) is 0 Å². The van der Waals surface area contributed by atoms with Crippen LogP contribution >= 0.6 is 0 Å². The molecular weight excluding hydrogens is 239 g/mol. The fraction of sp³-hybridized carbons (Fsp3) is 0.417. The normalized spacial score (nSPS) is 23.1. The van der Waals surface area contributed by atoms with Crippen LogP contribution in [0.15, 0.2) is 18.3 Å². The van der Waals surface area contributed by atoms with Gasteiger partial charge in [-0.1, -0.05) is 0 Å². The van der Waals surface area contributed by atoms with Gasteiger partial charge in [0, 0.05) is 12.7 Å². The monoisotopic (exact) mass is 252 g/mol. The molecule has 1 unspecified atom stereocenters. The second-order valence-electron chi connectivity index (χ2n) is 4.48. The zero-order chi connectivity index (χ0) is 13.3. The van der Waals surface area contributed by atoms with Crippen LogP contribution in [0.25, 0.3) is 0 Å². The van der Waals surface area contributed by atoms with Gasteiger partial charge in [0.1, 0.15) is 5.54 Å². The third-order valence-corrected chi connectivity index (χ3v) is 3.34. The molecule has 1 aromatic rings. The Morgan fingerprint density at radius 1 is 1.56 bits per heavy atom. The maximum Gasteiger partial charge on any atom is 0.329 e. The van der Waals surface area contributed by atoms with Crippen LogP contribution in [0.4, 0.5) is 4.39 Å². The van der Waals surface area contributed by atoms with Gasteiger partial charge in [-0.3, -0.25) is 4.79 Å². The van der Waals surface area contributed by atoms with Crippen molar-refractivity contribution in [2.45, 2.75) is 25.3 Å². The lowest BCUT2D eigenvalue weighted by molar-refractivity contribution is -0.147. The molecule has 0 aromatic carbocycles. The van der Waals surface area contributed by atoms with E-state index in [4.69, 9.17) is 0 Å². The molecule has 1 aliphatic rings. The van der Waals surface area contributed by atoms with E-state index in [9.17, 15) is 19.1 Å². The van der Waals surface area contributed by atoms with E-state index < -0.39 is 23.4 Å². The van der Waals surface area contributed by atoms with Crippen molar-refractivity contribution in [3.05, 3.63) is 29.8 Å². The number of hydrogen-bond donors (Lipinski definition) is 1. The number of carboxylic acid groups (broad SMARTS) is 1. The lowest BCUT2D eigenvalue weighted by Crippen LogP contribution is -2.51. The van der Waals surface area contributed by atoms with Gasteiger partial charge >= 0.3 is 5.97 Å². The van der Waals surface area contributed by atoms with Gasteiger partial charge in [0.25, 0.3) is 5.91 Å². The summed E-state index contributed by atoms with van der Waals surface area (Å²) < 4.78 is 13.4. The average Bonchev–Trinajstić information content (AvgIpc) is 2.72. The maximum absolute atomic E-state index is 13.4. The van der Waals surface area contributed by atoms with Crippen molar-refractivity contribution in [3.8, 4) is 0 Å². The third-order valence-electron chi connectivity index (χ3n) is 3.34. The Balaban J connectivity index is 2.35. The molecule has 96 valence electrons. The van der Waals surface area contributed by atoms with E-state index in [1.807, 2.05) is 0 Å². The van der Waals surface area contributed by atoms with E-state index in [0.29, 0.717) is 19.4 Å². The van der Waals surface area contributed by atoms with Crippen molar-refractivity contribution >= 4 is 11.9 Å². The number of rotatable bonds is 2. The molecule has 1 fully saturated rings. The molecule has 1 atom stereocenters. The summed E-state index contributed by atoms with van der Waals surface area (Å²) >= 11 is 0. The van der Waals surface area contributed by atoms with E-state index in [1.165, 1.54) is 30.2 Å².